The number of aryl methyl sites for hydroxylation is 1. The summed E-state index contributed by atoms with van der Waals surface area (Å²) < 4.78 is 2.17. The van der Waals surface area contributed by atoms with Crippen molar-refractivity contribution in [3.63, 3.8) is 0 Å². The number of hydrogen-bond donors (Lipinski definition) is 0. The number of rotatable bonds is 1. The van der Waals surface area contributed by atoms with E-state index in [9.17, 15) is 0 Å². The molecule has 1 aromatic carbocycles. The van der Waals surface area contributed by atoms with Crippen molar-refractivity contribution in [3.8, 4) is 11.4 Å². The quantitative estimate of drug-likeness (QED) is 0.698. The summed E-state index contributed by atoms with van der Waals surface area (Å²) in [5.41, 5.74) is 1.63. The topological polar surface area (TPSA) is 35.1 Å². The van der Waals surface area contributed by atoms with E-state index >= 15 is 0 Å². The summed E-state index contributed by atoms with van der Waals surface area (Å²) in [6.45, 7) is 8.02. The molecule has 0 saturated carbocycles. The summed E-state index contributed by atoms with van der Waals surface area (Å²) in [6, 6.07) is 7.57. The average molecular weight is 224 g/mol. The first-order valence-corrected chi connectivity index (χ1v) is 5.78. The molecule has 84 valence electrons. The van der Waals surface area contributed by atoms with Crippen LogP contribution in [0.25, 0.3) is 16.2 Å². The predicted molar refractivity (Wildman–Crippen MR) is 64.7 cm³/mol. The highest BCUT2D eigenvalue weighted by atomic mass is 15.3. The molecule has 1 aliphatic rings. The molecule has 0 atom stereocenters. The van der Waals surface area contributed by atoms with Crippen LogP contribution >= 0.6 is 0 Å². The van der Waals surface area contributed by atoms with Crippen LogP contribution in [0.15, 0.2) is 24.3 Å². The van der Waals surface area contributed by atoms with Gasteiger partial charge in [0, 0.05) is 18.5 Å². The van der Waals surface area contributed by atoms with E-state index in [-0.39, 0.29) is 0 Å². The molecule has 0 radical (unpaired) electrons. The fraction of sp³-hybridized carbons (Fsp3) is 0.308. The van der Waals surface area contributed by atoms with Gasteiger partial charge in [-0.05, 0) is 18.9 Å². The van der Waals surface area contributed by atoms with E-state index in [0.29, 0.717) is 5.69 Å². The summed E-state index contributed by atoms with van der Waals surface area (Å²) in [4.78, 5) is 3.45. The van der Waals surface area contributed by atoms with E-state index in [0.717, 1.165) is 30.2 Å². The zero-order valence-electron chi connectivity index (χ0n) is 9.43. The lowest BCUT2D eigenvalue weighted by Gasteiger charge is -2.14. The van der Waals surface area contributed by atoms with Crippen LogP contribution in [-0.4, -0.2) is 14.8 Å². The van der Waals surface area contributed by atoms with Crippen LogP contribution in [0.5, 0.6) is 0 Å². The molecular weight excluding hydrogens is 212 g/mol. The standard InChI is InChI=1S/C13H12N4/c1-14-11-6-4-5-10(9-11)13-16-15-12-7-2-3-8-17(12)13/h4-6,9H,2-3,7-8H2. The third-order valence-electron chi connectivity index (χ3n) is 3.09. The molecular formula is C13H12N4. The zero-order valence-corrected chi connectivity index (χ0v) is 9.43. The lowest BCUT2D eigenvalue weighted by atomic mass is 10.1. The first kappa shape index (κ1) is 10.0. The molecule has 0 N–H and O–H groups in total. The normalized spacial score (nSPS) is 14.1. The van der Waals surface area contributed by atoms with Gasteiger partial charge in [-0.2, -0.15) is 0 Å². The van der Waals surface area contributed by atoms with Crippen LogP contribution in [-0.2, 0) is 13.0 Å². The Morgan fingerprint density at radius 2 is 2.18 bits per heavy atom. The van der Waals surface area contributed by atoms with Gasteiger partial charge >= 0.3 is 0 Å². The zero-order chi connectivity index (χ0) is 11.7. The molecule has 17 heavy (non-hydrogen) atoms. The molecule has 4 nitrogen and oxygen atoms in total. The van der Waals surface area contributed by atoms with Crippen molar-refractivity contribution < 1.29 is 0 Å². The smallest absolute Gasteiger partial charge is 0.187 e. The molecule has 2 heterocycles. The summed E-state index contributed by atoms with van der Waals surface area (Å²) in [6.07, 6.45) is 3.39. The molecule has 0 aliphatic carbocycles. The van der Waals surface area contributed by atoms with Gasteiger partial charge in [-0.15, -0.1) is 10.2 Å². The van der Waals surface area contributed by atoms with Crippen LogP contribution in [0, 0.1) is 6.57 Å². The molecule has 0 fully saturated rings. The Hall–Kier alpha value is -2.15. The first-order chi connectivity index (χ1) is 8.38. The second-order valence-corrected chi connectivity index (χ2v) is 4.21. The van der Waals surface area contributed by atoms with Gasteiger partial charge in [0.15, 0.2) is 11.5 Å². The highest BCUT2D eigenvalue weighted by Crippen LogP contribution is 2.25. The van der Waals surface area contributed by atoms with Crippen molar-refractivity contribution >= 4 is 5.69 Å². The van der Waals surface area contributed by atoms with Crippen LogP contribution in [0.1, 0.15) is 18.7 Å². The molecule has 1 aromatic heterocycles. The third-order valence-corrected chi connectivity index (χ3v) is 3.09. The Morgan fingerprint density at radius 1 is 1.24 bits per heavy atom. The lowest BCUT2D eigenvalue weighted by Crippen LogP contribution is -2.11. The SMILES string of the molecule is [C-]#[N+]c1cccc(-c2nnc3n2CCCC3)c1. The largest absolute Gasteiger partial charge is 0.311 e. The van der Waals surface area contributed by atoms with Gasteiger partial charge in [-0.1, -0.05) is 18.2 Å². The van der Waals surface area contributed by atoms with E-state index in [1.54, 1.807) is 0 Å². The number of aromatic nitrogens is 3. The summed E-state index contributed by atoms with van der Waals surface area (Å²) >= 11 is 0. The van der Waals surface area contributed by atoms with Gasteiger partial charge in [0.1, 0.15) is 5.82 Å². The molecule has 4 heteroatoms. The van der Waals surface area contributed by atoms with Crippen molar-refractivity contribution in [1.82, 2.24) is 14.8 Å². The highest BCUT2D eigenvalue weighted by molar-refractivity contribution is 5.63. The fourth-order valence-corrected chi connectivity index (χ4v) is 2.24. The summed E-state index contributed by atoms with van der Waals surface area (Å²) in [7, 11) is 0. The Morgan fingerprint density at radius 3 is 3.06 bits per heavy atom. The fourth-order valence-electron chi connectivity index (χ4n) is 2.24. The van der Waals surface area contributed by atoms with Crippen molar-refractivity contribution in [2.75, 3.05) is 0 Å². The minimum atomic E-state index is 0.649. The van der Waals surface area contributed by atoms with E-state index in [1.165, 1.54) is 12.8 Å². The Labute approximate surface area is 99.7 Å². The second kappa shape index (κ2) is 4.02. The Kier molecular flexibility index (Phi) is 2.37. The van der Waals surface area contributed by atoms with Crippen LogP contribution < -0.4 is 0 Å². The van der Waals surface area contributed by atoms with Gasteiger partial charge in [-0.3, -0.25) is 0 Å². The average Bonchev–Trinajstić information content (AvgIpc) is 2.82. The summed E-state index contributed by atoms with van der Waals surface area (Å²) in [5, 5.41) is 8.48. The van der Waals surface area contributed by atoms with E-state index in [2.05, 4.69) is 19.6 Å². The molecule has 3 rings (SSSR count). The second-order valence-electron chi connectivity index (χ2n) is 4.21. The Bertz CT molecular complexity index is 592. The predicted octanol–water partition coefficient (Wildman–Crippen LogP) is 2.83. The molecule has 0 spiro atoms. The van der Waals surface area contributed by atoms with Gasteiger partial charge in [0.05, 0.1) is 6.57 Å². The van der Waals surface area contributed by atoms with Gasteiger partial charge in [-0.25, -0.2) is 4.85 Å². The van der Waals surface area contributed by atoms with E-state index in [4.69, 9.17) is 6.57 Å². The minimum absolute atomic E-state index is 0.649. The number of hydrogen-bond acceptors (Lipinski definition) is 2. The number of fused-ring (bicyclic) bond motifs is 1. The van der Waals surface area contributed by atoms with Crippen molar-refractivity contribution in [1.29, 1.82) is 0 Å². The minimum Gasteiger partial charge on any atom is -0.311 e. The van der Waals surface area contributed by atoms with Gasteiger partial charge in [0.2, 0.25) is 0 Å². The molecule has 0 unspecified atom stereocenters. The maximum absolute atomic E-state index is 7.04. The highest BCUT2D eigenvalue weighted by Gasteiger charge is 2.16. The Balaban J connectivity index is 2.09. The molecule has 0 bridgehead atoms. The number of benzene rings is 1. The van der Waals surface area contributed by atoms with Crippen LogP contribution in [0.2, 0.25) is 0 Å². The lowest BCUT2D eigenvalue weighted by molar-refractivity contribution is 0.526. The first-order valence-electron chi connectivity index (χ1n) is 5.78. The summed E-state index contributed by atoms with van der Waals surface area (Å²) in [5.74, 6) is 1.96. The maximum Gasteiger partial charge on any atom is 0.187 e. The van der Waals surface area contributed by atoms with Crippen molar-refractivity contribution in [2.45, 2.75) is 25.8 Å². The maximum atomic E-state index is 7.04. The van der Waals surface area contributed by atoms with Gasteiger partial charge in [0.25, 0.3) is 0 Å². The van der Waals surface area contributed by atoms with E-state index in [1.807, 2.05) is 24.3 Å². The molecule has 2 aromatic rings. The third kappa shape index (κ3) is 1.70. The van der Waals surface area contributed by atoms with Crippen LogP contribution in [0.3, 0.4) is 0 Å². The number of nitrogens with zero attached hydrogens (tertiary/aromatic N) is 4. The van der Waals surface area contributed by atoms with Gasteiger partial charge < -0.3 is 4.57 Å². The monoisotopic (exact) mass is 224 g/mol. The van der Waals surface area contributed by atoms with Crippen molar-refractivity contribution in [3.05, 3.63) is 41.5 Å². The molecule has 1 aliphatic heterocycles. The molecule has 0 saturated heterocycles. The van der Waals surface area contributed by atoms with E-state index < -0.39 is 0 Å². The van der Waals surface area contributed by atoms with Crippen LogP contribution in [0.4, 0.5) is 5.69 Å². The van der Waals surface area contributed by atoms with Crippen molar-refractivity contribution in [2.24, 2.45) is 0 Å². The molecule has 0 amide bonds.